The zero-order valence-corrected chi connectivity index (χ0v) is 24.8. The highest BCUT2D eigenvalue weighted by molar-refractivity contribution is 7.14. The van der Waals surface area contributed by atoms with Crippen LogP contribution in [0.15, 0.2) is 163 Å². The van der Waals surface area contributed by atoms with Gasteiger partial charge < -0.3 is 4.98 Å². The first kappa shape index (κ1) is 26.1. The molecule has 3 heteroatoms. The molecule has 0 saturated heterocycles. The second-order valence-electron chi connectivity index (χ2n) is 10.8. The Hall–Kier alpha value is -5.51. The van der Waals surface area contributed by atoms with Crippen LogP contribution < -0.4 is 0 Å². The van der Waals surface area contributed by atoms with E-state index in [4.69, 9.17) is 4.98 Å². The van der Waals surface area contributed by atoms with E-state index in [1.807, 2.05) is 12.3 Å². The lowest BCUT2D eigenvalue weighted by atomic mass is 9.90. The summed E-state index contributed by atoms with van der Waals surface area (Å²) >= 11 is 1.79. The molecule has 44 heavy (non-hydrogen) atoms. The highest BCUT2D eigenvalue weighted by Gasteiger charge is 2.22. The molecule has 1 N–H and O–H groups in total. The number of pyridine rings is 1. The topological polar surface area (TPSA) is 28.7 Å². The molecule has 0 bridgehead atoms. The van der Waals surface area contributed by atoms with Gasteiger partial charge in [-0.3, -0.25) is 4.98 Å². The van der Waals surface area contributed by atoms with Crippen LogP contribution in [-0.4, -0.2) is 9.97 Å². The number of H-pyrrole nitrogens is 1. The Kier molecular flexibility index (Phi) is 6.71. The molecule has 0 spiro atoms. The number of aromatic nitrogens is 2. The minimum Gasteiger partial charge on any atom is -0.360 e. The number of rotatable bonds is 6. The predicted octanol–water partition coefficient (Wildman–Crippen LogP) is 11.6. The van der Waals surface area contributed by atoms with Crippen molar-refractivity contribution in [2.75, 3.05) is 0 Å². The fraction of sp³-hybridized carbons (Fsp3) is 0. The summed E-state index contributed by atoms with van der Waals surface area (Å²) in [6.45, 7) is 0. The average Bonchev–Trinajstić information content (AvgIpc) is 3.75. The summed E-state index contributed by atoms with van der Waals surface area (Å²) in [5.41, 5.74) is 14.0. The summed E-state index contributed by atoms with van der Waals surface area (Å²) in [5, 5.41) is 3.41. The maximum absolute atomic E-state index is 5.02. The molecule has 0 amide bonds. The van der Waals surface area contributed by atoms with Crippen LogP contribution in [0.1, 0.15) is 0 Å². The van der Waals surface area contributed by atoms with Crippen molar-refractivity contribution < 1.29 is 0 Å². The van der Waals surface area contributed by atoms with Gasteiger partial charge in [0.05, 0.1) is 11.2 Å². The van der Waals surface area contributed by atoms with Crippen LogP contribution in [-0.2, 0) is 0 Å². The summed E-state index contributed by atoms with van der Waals surface area (Å²) in [5.74, 6) is 0. The molecule has 5 aromatic carbocycles. The van der Waals surface area contributed by atoms with Crippen LogP contribution in [0.4, 0.5) is 0 Å². The van der Waals surface area contributed by atoms with Crippen LogP contribution in [0.25, 0.3) is 77.1 Å². The number of thiophene rings is 1. The lowest BCUT2D eigenvalue weighted by Gasteiger charge is -2.14. The third-order valence-corrected chi connectivity index (χ3v) is 9.26. The standard InChI is InChI=1S/C41H28N2S/c1-5-14-28(15-6-1)35-26-43-40(37(35)30-18-9-3-10-19-30)33-23-24-34(39-32(33)22-13-25-42-39)41-38(31-20-11-4-12-21-31)36(27-44-41)29-16-7-2-8-17-29/h1-27,43H. The zero-order valence-electron chi connectivity index (χ0n) is 23.9. The van der Waals surface area contributed by atoms with Gasteiger partial charge in [0.1, 0.15) is 0 Å². The highest BCUT2D eigenvalue weighted by Crippen LogP contribution is 2.48. The number of nitrogens with one attached hydrogen (secondary N) is 1. The van der Waals surface area contributed by atoms with Gasteiger partial charge in [0.25, 0.3) is 0 Å². The predicted molar refractivity (Wildman–Crippen MR) is 187 cm³/mol. The summed E-state index contributed by atoms with van der Waals surface area (Å²) in [6, 6.07) is 51.4. The van der Waals surface area contributed by atoms with Crippen LogP contribution in [0.5, 0.6) is 0 Å². The van der Waals surface area contributed by atoms with Crippen molar-refractivity contribution in [3.63, 3.8) is 0 Å². The highest BCUT2D eigenvalue weighted by atomic mass is 32.1. The summed E-state index contributed by atoms with van der Waals surface area (Å²) in [7, 11) is 0. The van der Waals surface area contributed by atoms with Crippen molar-refractivity contribution in [1.29, 1.82) is 0 Å². The van der Waals surface area contributed by atoms with E-state index < -0.39 is 0 Å². The molecule has 8 rings (SSSR count). The molecular formula is C41H28N2S. The summed E-state index contributed by atoms with van der Waals surface area (Å²) in [4.78, 5) is 9.92. The molecule has 8 aromatic rings. The molecule has 208 valence electrons. The van der Waals surface area contributed by atoms with Gasteiger partial charge in [0.2, 0.25) is 0 Å². The summed E-state index contributed by atoms with van der Waals surface area (Å²) < 4.78 is 0. The molecule has 0 aliphatic heterocycles. The minimum absolute atomic E-state index is 0.999. The first-order chi connectivity index (χ1) is 21.9. The molecule has 0 unspecified atom stereocenters. The number of fused-ring (bicyclic) bond motifs is 1. The van der Waals surface area contributed by atoms with Gasteiger partial charge >= 0.3 is 0 Å². The quantitative estimate of drug-likeness (QED) is 0.208. The van der Waals surface area contributed by atoms with Gasteiger partial charge in [-0.05, 0) is 33.7 Å². The number of aromatic amines is 1. The van der Waals surface area contributed by atoms with E-state index in [2.05, 4.69) is 156 Å². The van der Waals surface area contributed by atoms with Crippen LogP contribution in [0.3, 0.4) is 0 Å². The van der Waals surface area contributed by atoms with Crippen molar-refractivity contribution in [2.45, 2.75) is 0 Å². The van der Waals surface area contributed by atoms with Crippen molar-refractivity contribution >= 4 is 22.2 Å². The van der Waals surface area contributed by atoms with E-state index in [0.717, 1.165) is 27.7 Å². The Bertz CT molecular complexity index is 2040. The third-order valence-electron chi connectivity index (χ3n) is 8.25. The molecule has 3 heterocycles. The Balaban J connectivity index is 1.36. The number of benzene rings is 5. The Morgan fingerprint density at radius 2 is 1.00 bits per heavy atom. The lowest BCUT2D eigenvalue weighted by molar-refractivity contribution is 1.39. The molecule has 0 saturated carbocycles. The molecule has 0 aliphatic rings. The van der Waals surface area contributed by atoms with Crippen LogP contribution in [0.2, 0.25) is 0 Å². The minimum atomic E-state index is 0.999. The zero-order chi connectivity index (χ0) is 29.3. The number of hydrogen-bond donors (Lipinski definition) is 1. The maximum atomic E-state index is 5.02. The molecule has 0 radical (unpaired) electrons. The second kappa shape index (κ2) is 11.3. The smallest absolute Gasteiger partial charge is 0.0795 e. The van der Waals surface area contributed by atoms with Crippen LogP contribution >= 0.6 is 11.3 Å². The first-order valence-corrected chi connectivity index (χ1v) is 15.7. The summed E-state index contributed by atoms with van der Waals surface area (Å²) in [6.07, 6.45) is 4.05. The largest absolute Gasteiger partial charge is 0.360 e. The Morgan fingerprint density at radius 1 is 0.455 bits per heavy atom. The van der Waals surface area contributed by atoms with E-state index in [0.29, 0.717) is 0 Å². The second-order valence-corrected chi connectivity index (χ2v) is 11.7. The van der Waals surface area contributed by atoms with Gasteiger partial charge in [-0.2, -0.15) is 0 Å². The van der Waals surface area contributed by atoms with Gasteiger partial charge in [0, 0.05) is 56.0 Å². The van der Waals surface area contributed by atoms with Gasteiger partial charge in [-0.15, -0.1) is 11.3 Å². The normalized spacial score (nSPS) is 11.2. The first-order valence-electron chi connectivity index (χ1n) is 14.8. The third kappa shape index (κ3) is 4.55. The van der Waals surface area contributed by atoms with E-state index in [1.165, 1.54) is 49.4 Å². The van der Waals surface area contributed by atoms with Crippen molar-refractivity contribution in [2.24, 2.45) is 0 Å². The van der Waals surface area contributed by atoms with Gasteiger partial charge in [0.15, 0.2) is 0 Å². The van der Waals surface area contributed by atoms with Crippen LogP contribution in [0, 0.1) is 0 Å². The van der Waals surface area contributed by atoms with Crippen molar-refractivity contribution in [1.82, 2.24) is 9.97 Å². The van der Waals surface area contributed by atoms with E-state index in [1.54, 1.807) is 11.3 Å². The fourth-order valence-corrected chi connectivity index (χ4v) is 7.36. The van der Waals surface area contributed by atoms with Crippen molar-refractivity contribution in [3.8, 4) is 66.2 Å². The molecule has 0 atom stereocenters. The van der Waals surface area contributed by atoms with Gasteiger partial charge in [-0.1, -0.05) is 140 Å². The van der Waals surface area contributed by atoms with E-state index >= 15 is 0 Å². The number of nitrogens with zero attached hydrogens (tertiary/aromatic N) is 1. The molecule has 3 aromatic heterocycles. The maximum Gasteiger partial charge on any atom is 0.0795 e. The molecule has 2 nitrogen and oxygen atoms in total. The molecular weight excluding hydrogens is 553 g/mol. The number of hydrogen-bond acceptors (Lipinski definition) is 2. The molecule has 0 aliphatic carbocycles. The lowest BCUT2D eigenvalue weighted by Crippen LogP contribution is -1.91. The average molecular weight is 581 g/mol. The van der Waals surface area contributed by atoms with E-state index in [9.17, 15) is 0 Å². The molecule has 0 fully saturated rings. The van der Waals surface area contributed by atoms with Gasteiger partial charge in [-0.25, -0.2) is 0 Å². The van der Waals surface area contributed by atoms with Crippen molar-refractivity contribution in [3.05, 3.63) is 163 Å². The Morgan fingerprint density at radius 3 is 1.64 bits per heavy atom. The Labute approximate surface area is 261 Å². The fourth-order valence-electron chi connectivity index (χ4n) is 6.24. The SMILES string of the molecule is c1ccc(-c2c[nH]c(-c3ccc(-c4scc(-c5ccccc5)c4-c4ccccc4)c4ncccc34)c2-c2ccccc2)cc1. The van der Waals surface area contributed by atoms with E-state index in [-0.39, 0.29) is 0 Å². The monoisotopic (exact) mass is 580 g/mol.